The predicted octanol–water partition coefficient (Wildman–Crippen LogP) is 8.82. The maximum absolute atomic E-state index is 2.37. The van der Waals surface area contributed by atoms with E-state index in [9.17, 15) is 0 Å². The minimum atomic E-state index is 1.19. The standard InChI is InChI=1S/C30H19NS/c1-4-13-27-23(8-1)24-9-2-5-14-28(24)31(27)21-18-16-20(17-19-21)22-11-7-12-26-25-10-3-6-15-29(25)32-30(22)26/h1-19H. The summed E-state index contributed by atoms with van der Waals surface area (Å²) in [5.41, 5.74) is 6.24. The Bertz CT molecular complexity index is 1710. The van der Waals surface area contributed by atoms with Gasteiger partial charge in [0.1, 0.15) is 0 Å². The zero-order valence-electron chi connectivity index (χ0n) is 17.3. The van der Waals surface area contributed by atoms with Crippen LogP contribution in [0.4, 0.5) is 0 Å². The van der Waals surface area contributed by atoms with Gasteiger partial charge in [-0.15, -0.1) is 11.3 Å². The highest BCUT2D eigenvalue weighted by molar-refractivity contribution is 7.26. The fourth-order valence-corrected chi connectivity index (χ4v) is 6.20. The molecule has 0 spiro atoms. The average molecular weight is 426 g/mol. The van der Waals surface area contributed by atoms with Gasteiger partial charge in [-0.05, 0) is 41.5 Å². The summed E-state index contributed by atoms with van der Waals surface area (Å²) in [6.07, 6.45) is 0. The fourth-order valence-electron chi connectivity index (χ4n) is 4.97. The molecule has 2 heteroatoms. The smallest absolute Gasteiger partial charge is 0.0541 e. The first-order valence-electron chi connectivity index (χ1n) is 10.9. The molecule has 32 heavy (non-hydrogen) atoms. The van der Waals surface area contributed by atoms with Crippen molar-refractivity contribution < 1.29 is 0 Å². The van der Waals surface area contributed by atoms with Crippen molar-refractivity contribution in [1.82, 2.24) is 4.57 Å². The van der Waals surface area contributed by atoms with E-state index >= 15 is 0 Å². The first-order chi connectivity index (χ1) is 15.9. The monoisotopic (exact) mass is 425 g/mol. The molecule has 7 aromatic rings. The number of rotatable bonds is 2. The zero-order chi connectivity index (χ0) is 21.1. The Kier molecular flexibility index (Phi) is 3.78. The lowest BCUT2D eigenvalue weighted by atomic mass is 10.0. The van der Waals surface area contributed by atoms with Crippen LogP contribution in [0.1, 0.15) is 0 Å². The summed E-state index contributed by atoms with van der Waals surface area (Å²) >= 11 is 1.88. The lowest BCUT2D eigenvalue weighted by Crippen LogP contribution is -1.93. The lowest BCUT2D eigenvalue weighted by molar-refractivity contribution is 1.18. The third-order valence-electron chi connectivity index (χ3n) is 6.42. The van der Waals surface area contributed by atoms with Gasteiger partial charge in [0.25, 0.3) is 0 Å². The summed E-state index contributed by atoms with van der Waals surface area (Å²) in [6.45, 7) is 0. The average Bonchev–Trinajstić information content (AvgIpc) is 3.40. The van der Waals surface area contributed by atoms with Gasteiger partial charge in [0.2, 0.25) is 0 Å². The normalized spacial score (nSPS) is 11.8. The van der Waals surface area contributed by atoms with Crippen molar-refractivity contribution in [2.24, 2.45) is 0 Å². The highest BCUT2D eigenvalue weighted by Gasteiger charge is 2.13. The van der Waals surface area contributed by atoms with Gasteiger partial charge in [-0.3, -0.25) is 0 Å². The minimum Gasteiger partial charge on any atom is -0.309 e. The molecule has 0 aliphatic rings. The van der Waals surface area contributed by atoms with Crippen LogP contribution in [0.5, 0.6) is 0 Å². The highest BCUT2D eigenvalue weighted by Crippen LogP contribution is 2.40. The van der Waals surface area contributed by atoms with E-state index in [-0.39, 0.29) is 0 Å². The van der Waals surface area contributed by atoms with Gasteiger partial charge >= 0.3 is 0 Å². The van der Waals surface area contributed by atoms with Crippen molar-refractivity contribution in [2.45, 2.75) is 0 Å². The van der Waals surface area contributed by atoms with Gasteiger partial charge < -0.3 is 4.57 Å². The maximum atomic E-state index is 2.37. The third-order valence-corrected chi connectivity index (χ3v) is 7.64. The van der Waals surface area contributed by atoms with Crippen LogP contribution in [0.2, 0.25) is 0 Å². The molecule has 0 saturated heterocycles. The van der Waals surface area contributed by atoms with Crippen LogP contribution in [0, 0.1) is 0 Å². The predicted molar refractivity (Wildman–Crippen MR) is 139 cm³/mol. The Hall–Kier alpha value is -3.88. The Balaban J connectivity index is 1.42. The summed E-state index contributed by atoms with van der Waals surface area (Å²) in [5.74, 6) is 0. The van der Waals surface area contributed by atoms with Gasteiger partial charge in [0, 0.05) is 36.6 Å². The van der Waals surface area contributed by atoms with Crippen molar-refractivity contribution in [1.29, 1.82) is 0 Å². The van der Waals surface area contributed by atoms with Gasteiger partial charge in [-0.1, -0.05) is 84.9 Å². The molecule has 0 atom stereocenters. The molecule has 150 valence electrons. The first kappa shape index (κ1) is 17.8. The van der Waals surface area contributed by atoms with Gasteiger partial charge in [-0.2, -0.15) is 0 Å². The topological polar surface area (TPSA) is 4.93 Å². The van der Waals surface area contributed by atoms with E-state index in [4.69, 9.17) is 0 Å². The molecule has 7 rings (SSSR count). The summed E-state index contributed by atoms with van der Waals surface area (Å²) in [6, 6.07) is 41.7. The Morgan fingerprint density at radius 2 is 1.06 bits per heavy atom. The van der Waals surface area contributed by atoms with E-state index in [0.717, 1.165) is 0 Å². The number of aromatic nitrogens is 1. The number of thiophene rings is 1. The number of nitrogens with zero attached hydrogens (tertiary/aromatic N) is 1. The quantitative estimate of drug-likeness (QED) is 0.261. The minimum absolute atomic E-state index is 1.19. The molecule has 0 bridgehead atoms. The van der Waals surface area contributed by atoms with Crippen molar-refractivity contribution >= 4 is 53.3 Å². The second-order valence-corrected chi connectivity index (χ2v) is 9.25. The molecule has 0 amide bonds. The van der Waals surface area contributed by atoms with E-state index in [0.29, 0.717) is 0 Å². The van der Waals surface area contributed by atoms with E-state index < -0.39 is 0 Å². The van der Waals surface area contributed by atoms with Crippen LogP contribution in [0.15, 0.2) is 115 Å². The van der Waals surface area contributed by atoms with Crippen LogP contribution >= 0.6 is 11.3 Å². The van der Waals surface area contributed by atoms with Gasteiger partial charge in [-0.25, -0.2) is 0 Å². The summed E-state index contributed by atoms with van der Waals surface area (Å²) in [4.78, 5) is 0. The van der Waals surface area contributed by atoms with E-state index in [1.807, 2.05) is 11.3 Å². The second kappa shape index (κ2) is 6.81. The molecule has 0 aliphatic heterocycles. The molecule has 2 aromatic heterocycles. The first-order valence-corrected chi connectivity index (χ1v) is 11.7. The molecule has 0 N–H and O–H groups in total. The zero-order valence-corrected chi connectivity index (χ0v) is 18.1. The van der Waals surface area contributed by atoms with Crippen molar-refractivity contribution in [2.75, 3.05) is 0 Å². The van der Waals surface area contributed by atoms with E-state index in [2.05, 4.69) is 120 Å². The van der Waals surface area contributed by atoms with E-state index in [1.54, 1.807) is 0 Å². The molecule has 0 radical (unpaired) electrons. The van der Waals surface area contributed by atoms with Crippen molar-refractivity contribution in [3.63, 3.8) is 0 Å². The molecule has 0 aliphatic carbocycles. The molecule has 0 fully saturated rings. The SMILES string of the molecule is c1ccc2c(c1)sc1c(-c3ccc(-n4c5ccccc5c5ccccc54)cc3)cccc12. The Labute approximate surface area is 189 Å². The van der Waals surface area contributed by atoms with Crippen molar-refractivity contribution in [3.05, 3.63) is 115 Å². The van der Waals surface area contributed by atoms with Crippen molar-refractivity contribution in [3.8, 4) is 16.8 Å². The summed E-state index contributed by atoms with van der Waals surface area (Å²) < 4.78 is 5.07. The molecular formula is C30H19NS. The molecule has 1 nitrogen and oxygen atoms in total. The molecule has 0 saturated carbocycles. The summed E-state index contributed by atoms with van der Waals surface area (Å²) in [7, 11) is 0. The highest BCUT2D eigenvalue weighted by atomic mass is 32.1. The number of benzene rings is 5. The number of para-hydroxylation sites is 2. The Morgan fingerprint density at radius 1 is 0.469 bits per heavy atom. The number of hydrogen-bond acceptors (Lipinski definition) is 1. The van der Waals surface area contributed by atoms with Gasteiger partial charge in [0.05, 0.1) is 11.0 Å². The summed E-state index contributed by atoms with van der Waals surface area (Å²) in [5, 5.41) is 5.27. The Morgan fingerprint density at radius 3 is 1.78 bits per heavy atom. The molecule has 0 unspecified atom stereocenters. The molecule has 2 heterocycles. The van der Waals surface area contributed by atoms with E-state index in [1.165, 1.54) is 58.8 Å². The third kappa shape index (κ3) is 2.50. The second-order valence-electron chi connectivity index (χ2n) is 8.20. The maximum Gasteiger partial charge on any atom is 0.0541 e. The van der Waals surface area contributed by atoms with Crippen LogP contribution < -0.4 is 0 Å². The lowest BCUT2D eigenvalue weighted by Gasteiger charge is -2.10. The van der Waals surface area contributed by atoms with Crippen LogP contribution in [0.3, 0.4) is 0 Å². The van der Waals surface area contributed by atoms with Crippen LogP contribution in [-0.4, -0.2) is 4.57 Å². The van der Waals surface area contributed by atoms with Gasteiger partial charge in [0.15, 0.2) is 0 Å². The molecular weight excluding hydrogens is 406 g/mol. The molecule has 5 aromatic carbocycles. The number of fused-ring (bicyclic) bond motifs is 6. The van der Waals surface area contributed by atoms with Crippen LogP contribution in [-0.2, 0) is 0 Å². The number of hydrogen-bond donors (Lipinski definition) is 0. The largest absolute Gasteiger partial charge is 0.309 e. The van der Waals surface area contributed by atoms with Crippen LogP contribution in [0.25, 0.3) is 58.8 Å². The fraction of sp³-hybridized carbons (Fsp3) is 0.